The molecule has 1 aliphatic rings. The summed E-state index contributed by atoms with van der Waals surface area (Å²) in [6, 6.07) is 8.43. The normalized spacial score (nSPS) is 14.8. The molecule has 0 unspecified atom stereocenters. The first kappa shape index (κ1) is 12.9. The molecule has 1 aliphatic heterocycles. The topological polar surface area (TPSA) is 44.4 Å². The predicted molar refractivity (Wildman–Crippen MR) is 73.7 cm³/mol. The second-order valence-electron chi connectivity index (χ2n) is 4.60. The van der Waals surface area contributed by atoms with Crippen LogP contribution in [0.25, 0.3) is 0 Å². The van der Waals surface area contributed by atoms with E-state index in [9.17, 15) is 4.79 Å². The van der Waals surface area contributed by atoms with Gasteiger partial charge in [0.05, 0.1) is 6.54 Å². The van der Waals surface area contributed by atoms with Crippen molar-refractivity contribution in [2.24, 2.45) is 0 Å². The number of anilines is 1. The van der Waals surface area contributed by atoms with Crippen molar-refractivity contribution >= 4 is 11.6 Å². The number of nitrogens with zero attached hydrogens (tertiary/aromatic N) is 1. The molecule has 0 atom stereocenters. The first-order valence-electron chi connectivity index (χ1n) is 6.55. The molecule has 1 aromatic rings. The van der Waals surface area contributed by atoms with Crippen LogP contribution in [-0.4, -0.2) is 32.6 Å². The molecule has 1 fully saturated rings. The summed E-state index contributed by atoms with van der Waals surface area (Å²) in [6.07, 6.45) is 2.56. The second kappa shape index (κ2) is 6.40. The van der Waals surface area contributed by atoms with Gasteiger partial charge in [-0.3, -0.25) is 4.79 Å². The zero-order valence-corrected chi connectivity index (χ0v) is 10.9. The summed E-state index contributed by atoms with van der Waals surface area (Å²) in [4.78, 5) is 13.6. The molecule has 98 valence electrons. The number of benzene rings is 1. The minimum atomic E-state index is 0.0219. The minimum absolute atomic E-state index is 0.0219. The van der Waals surface area contributed by atoms with Crippen molar-refractivity contribution in [2.45, 2.75) is 19.4 Å². The molecule has 0 aliphatic carbocycles. The number of amides is 1. The lowest BCUT2D eigenvalue weighted by Crippen LogP contribution is -2.31. The molecule has 1 amide bonds. The molecular formula is C14H21N3O. The Morgan fingerprint density at radius 1 is 1.28 bits per heavy atom. The van der Waals surface area contributed by atoms with E-state index in [4.69, 9.17) is 0 Å². The van der Waals surface area contributed by atoms with E-state index in [1.807, 2.05) is 0 Å². The average Bonchev–Trinajstić information content (AvgIpc) is 2.93. The summed E-state index contributed by atoms with van der Waals surface area (Å²) in [5.41, 5.74) is 2.57. The maximum absolute atomic E-state index is 11.2. The Hall–Kier alpha value is -1.55. The molecule has 2 N–H and O–H groups in total. The third-order valence-electron chi connectivity index (χ3n) is 3.32. The number of para-hydroxylation sites is 1. The predicted octanol–water partition coefficient (Wildman–Crippen LogP) is 1.12. The number of likely N-dealkylation sites (N-methyl/N-ethyl adjacent to an activating group) is 1. The standard InChI is InChI=1S/C14H21N3O/c1-15-14(18)11-16-10-12-6-2-3-7-13(12)17-8-4-5-9-17/h2-3,6-7,16H,4-5,8-11H2,1H3,(H,15,18). The summed E-state index contributed by atoms with van der Waals surface area (Å²) in [5.74, 6) is 0.0219. The summed E-state index contributed by atoms with van der Waals surface area (Å²) >= 11 is 0. The Morgan fingerprint density at radius 2 is 2.00 bits per heavy atom. The largest absolute Gasteiger partial charge is 0.371 e. The van der Waals surface area contributed by atoms with Crippen LogP contribution in [0, 0.1) is 0 Å². The van der Waals surface area contributed by atoms with Crippen LogP contribution in [-0.2, 0) is 11.3 Å². The van der Waals surface area contributed by atoms with Gasteiger partial charge in [-0.15, -0.1) is 0 Å². The quantitative estimate of drug-likeness (QED) is 0.819. The van der Waals surface area contributed by atoms with Crippen LogP contribution < -0.4 is 15.5 Å². The summed E-state index contributed by atoms with van der Waals surface area (Å²) < 4.78 is 0. The molecule has 2 rings (SSSR count). The molecule has 0 aromatic heterocycles. The Morgan fingerprint density at radius 3 is 2.72 bits per heavy atom. The van der Waals surface area contributed by atoms with E-state index in [1.165, 1.54) is 24.1 Å². The second-order valence-corrected chi connectivity index (χ2v) is 4.60. The van der Waals surface area contributed by atoms with Gasteiger partial charge in [-0.05, 0) is 24.5 Å². The van der Waals surface area contributed by atoms with E-state index in [-0.39, 0.29) is 5.91 Å². The number of hydrogen-bond acceptors (Lipinski definition) is 3. The van der Waals surface area contributed by atoms with Crippen LogP contribution in [0.2, 0.25) is 0 Å². The van der Waals surface area contributed by atoms with Crippen LogP contribution in [0.4, 0.5) is 5.69 Å². The molecule has 0 spiro atoms. The van der Waals surface area contributed by atoms with Gasteiger partial charge in [0.15, 0.2) is 0 Å². The number of carbonyl (C=O) groups is 1. The first-order chi connectivity index (χ1) is 8.81. The van der Waals surface area contributed by atoms with Gasteiger partial charge in [-0.1, -0.05) is 18.2 Å². The summed E-state index contributed by atoms with van der Waals surface area (Å²) in [7, 11) is 1.65. The number of hydrogen-bond donors (Lipinski definition) is 2. The number of carbonyl (C=O) groups excluding carboxylic acids is 1. The molecule has 4 heteroatoms. The van der Waals surface area contributed by atoms with Gasteiger partial charge in [0.2, 0.25) is 5.91 Å². The fraction of sp³-hybridized carbons (Fsp3) is 0.500. The fourth-order valence-corrected chi connectivity index (χ4v) is 2.33. The van der Waals surface area contributed by atoms with E-state index in [0.717, 1.165) is 19.6 Å². The van der Waals surface area contributed by atoms with Gasteiger partial charge in [0.1, 0.15) is 0 Å². The van der Waals surface area contributed by atoms with Crippen molar-refractivity contribution in [3.63, 3.8) is 0 Å². The van der Waals surface area contributed by atoms with E-state index in [1.54, 1.807) is 7.05 Å². The first-order valence-corrected chi connectivity index (χ1v) is 6.55. The van der Waals surface area contributed by atoms with Gasteiger partial charge in [-0.2, -0.15) is 0 Å². The third-order valence-corrected chi connectivity index (χ3v) is 3.32. The zero-order valence-electron chi connectivity index (χ0n) is 10.9. The van der Waals surface area contributed by atoms with Crippen molar-refractivity contribution in [1.82, 2.24) is 10.6 Å². The van der Waals surface area contributed by atoms with Crippen molar-refractivity contribution in [1.29, 1.82) is 0 Å². The fourth-order valence-electron chi connectivity index (χ4n) is 2.33. The Kier molecular flexibility index (Phi) is 4.59. The van der Waals surface area contributed by atoms with Crippen molar-refractivity contribution in [3.05, 3.63) is 29.8 Å². The molecule has 1 heterocycles. The van der Waals surface area contributed by atoms with Crippen LogP contribution >= 0.6 is 0 Å². The molecule has 0 bridgehead atoms. The molecule has 1 aromatic carbocycles. The Balaban J connectivity index is 1.96. The SMILES string of the molecule is CNC(=O)CNCc1ccccc1N1CCCC1. The number of nitrogens with one attached hydrogen (secondary N) is 2. The smallest absolute Gasteiger partial charge is 0.233 e. The highest BCUT2D eigenvalue weighted by Crippen LogP contribution is 2.24. The van der Waals surface area contributed by atoms with Crippen molar-refractivity contribution in [2.75, 3.05) is 31.6 Å². The van der Waals surface area contributed by atoms with Gasteiger partial charge < -0.3 is 15.5 Å². The monoisotopic (exact) mass is 247 g/mol. The lowest BCUT2D eigenvalue weighted by Gasteiger charge is -2.21. The molecule has 1 saturated heterocycles. The molecular weight excluding hydrogens is 226 g/mol. The lowest BCUT2D eigenvalue weighted by molar-refractivity contribution is -0.119. The summed E-state index contributed by atoms with van der Waals surface area (Å²) in [5, 5.41) is 5.79. The molecule has 4 nitrogen and oxygen atoms in total. The highest BCUT2D eigenvalue weighted by molar-refractivity contribution is 5.77. The average molecular weight is 247 g/mol. The third kappa shape index (κ3) is 3.23. The van der Waals surface area contributed by atoms with Crippen LogP contribution in [0.5, 0.6) is 0 Å². The van der Waals surface area contributed by atoms with Gasteiger partial charge in [0.25, 0.3) is 0 Å². The zero-order chi connectivity index (χ0) is 12.8. The maximum Gasteiger partial charge on any atom is 0.233 e. The Labute approximate surface area is 108 Å². The van der Waals surface area contributed by atoms with Gasteiger partial charge in [-0.25, -0.2) is 0 Å². The van der Waals surface area contributed by atoms with Crippen molar-refractivity contribution in [3.8, 4) is 0 Å². The molecule has 0 radical (unpaired) electrons. The van der Waals surface area contributed by atoms with Gasteiger partial charge in [0, 0.05) is 32.4 Å². The van der Waals surface area contributed by atoms with Crippen molar-refractivity contribution < 1.29 is 4.79 Å². The van der Waals surface area contributed by atoms with Crippen LogP contribution in [0.1, 0.15) is 18.4 Å². The highest BCUT2D eigenvalue weighted by atomic mass is 16.1. The van der Waals surface area contributed by atoms with Crippen LogP contribution in [0.15, 0.2) is 24.3 Å². The Bertz CT molecular complexity index is 400. The maximum atomic E-state index is 11.2. The highest BCUT2D eigenvalue weighted by Gasteiger charge is 2.14. The number of rotatable bonds is 5. The minimum Gasteiger partial charge on any atom is -0.371 e. The van der Waals surface area contributed by atoms with E-state index < -0.39 is 0 Å². The van der Waals surface area contributed by atoms with Crippen LogP contribution in [0.3, 0.4) is 0 Å². The van der Waals surface area contributed by atoms with E-state index in [0.29, 0.717) is 6.54 Å². The molecule has 0 saturated carbocycles. The lowest BCUT2D eigenvalue weighted by atomic mass is 10.1. The summed E-state index contributed by atoms with van der Waals surface area (Å²) in [6.45, 7) is 3.39. The van der Waals surface area contributed by atoms with Gasteiger partial charge >= 0.3 is 0 Å². The van der Waals surface area contributed by atoms with E-state index in [2.05, 4.69) is 39.8 Å². The molecule has 18 heavy (non-hydrogen) atoms. The van der Waals surface area contributed by atoms with E-state index >= 15 is 0 Å².